The molecule has 4 heteroatoms. The Kier molecular flexibility index (Phi) is 2.63. The van der Waals surface area contributed by atoms with Crippen LogP contribution in [0, 0.1) is 0 Å². The highest BCUT2D eigenvalue weighted by Crippen LogP contribution is 2.28. The predicted molar refractivity (Wildman–Crippen MR) is 59.6 cm³/mol. The highest BCUT2D eigenvalue weighted by atomic mass is 16.3. The Balaban J connectivity index is 2.23. The summed E-state index contributed by atoms with van der Waals surface area (Å²) in [5.41, 5.74) is 7.23. The zero-order chi connectivity index (χ0) is 10.9. The van der Waals surface area contributed by atoms with E-state index in [0.29, 0.717) is 13.1 Å². The van der Waals surface area contributed by atoms with Gasteiger partial charge in [-0.15, -0.1) is 0 Å². The van der Waals surface area contributed by atoms with Gasteiger partial charge in [-0.2, -0.15) is 0 Å². The number of β-amino-alcohol motifs (C(OH)–C–C–N with tert-alkyl or cyclic N) is 1. The highest BCUT2D eigenvalue weighted by Gasteiger charge is 2.32. The van der Waals surface area contributed by atoms with Crippen molar-refractivity contribution in [2.24, 2.45) is 5.73 Å². The van der Waals surface area contributed by atoms with Crippen LogP contribution in [0.25, 0.3) is 0 Å². The molecule has 15 heavy (non-hydrogen) atoms. The predicted octanol–water partition coefficient (Wildman–Crippen LogP) is 0.501. The van der Waals surface area contributed by atoms with E-state index in [1.807, 2.05) is 19.2 Å². The smallest absolute Gasteiger partial charge is 0.0810 e. The van der Waals surface area contributed by atoms with Crippen LogP contribution in [0.4, 0.5) is 5.69 Å². The fraction of sp³-hybridized carbons (Fsp3) is 0.545. The first-order chi connectivity index (χ1) is 7.12. The van der Waals surface area contributed by atoms with E-state index in [9.17, 15) is 5.11 Å². The summed E-state index contributed by atoms with van der Waals surface area (Å²) in [6, 6.07) is 1.93. The van der Waals surface area contributed by atoms with Crippen molar-refractivity contribution in [3.05, 3.63) is 24.0 Å². The Hall–Kier alpha value is -1.13. The van der Waals surface area contributed by atoms with E-state index in [4.69, 9.17) is 5.73 Å². The van der Waals surface area contributed by atoms with Crippen molar-refractivity contribution >= 4 is 5.69 Å². The Morgan fingerprint density at radius 3 is 3.07 bits per heavy atom. The molecule has 82 valence electrons. The highest BCUT2D eigenvalue weighted by molar-refractivity contribution is 5.52. The Labute approximate surface area is 89.7 Å². The molecule has 0 aliphatic carbocycles. The molecule has 0 aromatic carbocycles. The number of hydrogen-bond acceptors (Lipinski definition) is 4. The van der Waals surface area contributed by atoms with Crippen molar-refractivity contribution in [3.63, 3.8) is 0 Å². The molecule has 0 spiro atoms. The van der Waals surface area contributed by atoms with Crippen molar-refractivity contribution in [2.75, 3.05) is 18.0 Å². The molecule has 4 nitrogen and oxygen atoms in total. The quantitative estimate of drug-likeness (QED) is 0.741. The van der Waals surface area contributed by atoms with Crippen LogP contribution >= 0.6 is 0 Å². The van der Waals surface area contributed by atoms with Gasteiger partial charge in [-0.25, -0.2) is 0 Å². The van der Waals surface area contributed by atoms with Crippen molar-refractivity contribution in [1.82, 2.24) is 4.98 Å². The number of rotatable bonds is 2. The second-order valence-electron chi connectivity index (χ2n) is 4.38. The summed E-state index contributed by atoms with van der Waals surface area (Å²) in [4.78, 5) is 6.25. The Bertz CT molecular complexity index is 351. The molecule has 1 aromatic heterocycles. The normalized spacial score (nSPS) is 25.9. The maximum atomic E-state index is 9.90. The minimum Gasteiger partial charge on any atom is -0.388 e. The van der Waals surface area contributed by atoms with E-state index in [1.54, 1.807) is 6.20 Å². The molecule has 1 aromatic rings. The van der Waals surface area contributed by atoms with Crippen molar-refractivity contribution in [1.29, 1.82) is 0 Å². The first-order valence-corrected chi connectivity index (χ1v) is 5.23. The molecule has 2 rings (SSSR count). The lowest BCUT2D eigenvalue weighted by atomic mass is 10.1. The van der Waals surface area contributed by atoms with Crippen LogP contribution in [0.15, 0.2) is 18.5 Å². The molecular formula is C11H17N3O. The molecule has 0 bridgehead atoms. The van der Waals surface area contributed by atoms with Crippen LogP contribution in [-0.2, 0) is 6.54 Å². The van der Waals surface area contributed by atoms with Gasteiger partial charge in [-0.3, -0.25) is 4.98 Å². The third kappa shape index (κ3) is 2.11. The van der Waals surface area contributed by atoms with Crippen LogP contribution in [-0.4, -0.2) is 28.8 Å². The first-order valence-electron chi connectivity index (χ1n) is 5.23. The number of aromatic nitrogens is 1. The van der Waals surface area contributed by atoms with Gasteiger partial charge in [0.25, 0.3) is 0 Å². The van der Waals surface area contributed by atoms with Gasteiger partial charge in [0, 0.05) is 25.8 Å². The van der Waals surface area contributed by atoms with E-state index in [2.05, 4.69) is 9.88 Å². The van der Waals surface area contributed by atoms with Crippen LogP contribution in [0.3, 0.4) is 0 Å². The van der Waals surface area contributed by atoms with Crippen molar-refractivity contribution in [2.45, 2.75) is 25.5 Å². The number of nitrogens with zero attached hydrogens (tertiary/aromatic N) is 2. The average molecular weight is 207 g/mol. The molecule has 3 N–H and O–H groups in total. The Morgan fingerprint density at radius 1 is 1.67 bits per heavy atom. The monoisotopic (exact) mass is 207 g/mol. The lowest BCUT2D eigenvalue weighted by Gasteiger charge is -2.22. The zero-order valence-electron chi connectivity index (χ0n) is 8.98. The van der Waals surface area contributed by atoms with E-state index >= 15 is 0 Å². The third-order valence-corrected chi connectivity index (χ3v) is 2.90. The number of hydrogen-bond donors (Lipinski definition) is 2. The van der Waals surface area contributed by atoms with Gasteiger partial charge in [-0.05, 0) is 25.0 Å². The van der Waals surface area contributed by atoms with Gasteiger partial charge in [0.2, 0.25) is 0 Å². The molecule has 1 unspecified atom stereocenters. The summed E-state index contributed by atoms with van der Waals surface area (Å²) in [5, 5.41) is 9.90. The Morgan fingerprint density at radius 2 is 2.47 bits per heavy atom. The standard InChI is InChI=1S/C11H17N3O/c1-11(15)3-5-14(8-11)10-7-13-4-2-9(10)6-12/h2,4,7,15H,3,5-6,8,12H2,1H3. The maximum absolute atomic E-state index is 9.90. The van der Waals surface area contributed by atoms with Gasteiger partial charge in [0.1, 0.15) is 0 Å². The minimum atomic E-state index is -0.582. The summed E-state index contributed by atoms with van der Waals surface area (Å²) >= 11 is 0. The van der Waals surface area contributed by atoms with Gasteiger partial charge in [0.05, 0.1) is 17.5 Å². The van der Waals surface area contributed by atoms with Crippen molar-refractivity contribution in [3.8, 4) is 0 Å². The first kappa shape index (κ1) is 10.4. The SMILES string of the molecule is CC1(O)CCN(c2cnccc2CN)C1. The van der Waals surface area contributed by atoms with Crippen LogP contribution in [0.5, 0.6) is 0 Å². The summed E-state index contributed by atoms with van der Waals surface area (Å²) in [5.74, 6) is 0. The van der Waals surface area contributed by atoms with Gasteiger partial charge >= 0.3 is 0 Å². The van der Waals surface area contributed by atoms with E-state index in [1.165, 1.54) is 0 Å². The lowest BCUT2D eigenvalue weighted by Crippen LogP contribution is -2.30. The molecular weight excluding hydrogens is 190 g/mol. The summed E-state index contributed by atoms with van der Waals surface area (Å²) in [6.45, 7) is 3.90. The average Bonchev–Trinajstić information content (AvgIpc) is 2.59. The largest absolute Gasteiger partial charge is 0.388 e. The fourth-order valence-corrected chi connectivity index (χ4v) is 2.02. The molecule has 0 saturated carbocycles. The maximum Gasteiger partial charge on any atom is 0.0810 e. The number of anilines is 1. The van der Waals surface area contributed by atoms with Crippen LogP contribution in [0.2, 0.25) is 0 Å². The minimum absolute atomic E-state index is 0.510. The molecule has 1 atom stereocenters. The number of nitrogens with two attached hydrogens (primary N) is 1. The summed E-state index contributed by atoms with van der Waals surface area (Å²) in [6.07, 6.45) is 4.37. The third-order valence-electron chi connectivity index (χ3n) is 2.90. The van der Waals surface area contributed by atoms with E-state index in [-0.39, 0.29) is 0 Å². The zero-order valence-corrected chi connectivity index (χ0v) is 8.98. The van der Waals surface area contributed by atoms with Crippen LogP contribution < -0.4 is 10.6 Å². The number of aliphatic hydroxyl groups is 1. The fourth-order valence-electron chi connectivity index (χ4n) is 2.02. The second kappa shape index (κ2) is 3.79. The number of pyridine rings is 1. The molecule has 0 amide bonds. The van der Waals surface area contributed by atoms with Crippen LogP contribution in [0.1, 0.15) is 18.9 Å². The molecule has 1 fully saturated rings. The molecule has 2 heterocycles. The molecule has 1 aliphatic rings. The van der Waals surface area contributed by atoms with Gasteiger partial charge in [0.15, 0.2) is 0 Å². The molecule has 0 radical (unpaired) electrons. The second-order valence-corrected chi connectivity index (χ2v) is 4.38. The molecule has 1 aliphatic heterocycles. The summed E-state index contributed by atoms with van der Waals surface area (Å²) < 4.78 is 0. The topological polar surface area (TPSA) is 62.4 Å². The van der Waals surface area contributed by atoms with Gasteiger partial charge < -0.3 is 15.7 Å². The van der Waals surface area contributed by atoms with E-state index < -0.39 is 5.60 Å². The van der Waals surface area contributed by atoms with E-state index in [0.717, 1.165) is 24.2 Å². The van der Waals surface area contributed by atoms with Gasteiger partial charge in [-0.1, -0.05) is 0 Å². The molecule has 1 saturated heterocycles. The van der Waals surface area contributed by atoms with Crippen molar-refractivity contribution < 1.29 is 5.11 Å². The summed E-state index contributed by atoms with van der Waals surface area (Å²) in [7, 11) is 0. The lowest BCUT2D eigenvalue weighted by molar-refractivity contribution is 0.0839.